The van der Waals surface area contributed by atoms with E-state index in [0.717, 1.165) is 5.56 Å². The molecule has 0 aliphatic rings. The highest BCUT2D eigenvalue weighted by Gasteiger charge is 2.10. The molecule has 0 bridgehead atoms. The van der Waals surface area contributed by atoms with Crippen molar-refractivity contribution in [2.45, 2.75) is 19.8 Å². The number of aliphatic hydroxyl groups is 1. The second-order valence-corrected chi connectivity index (χ2v) is 4.50. The van der Waals surface area contributed by atoms with Crippen molar-refractivity contribution in [2.24, 2.45) is 0 Å². The van der Waals surface area contributed by atoms with E-state index in [9.17, 15) is 9.59 Å². The predicted octanol–water partition coefficient (Wildman–Crippen LogP) is 0.595. The fourth-order valence-corrected chi connectivity index (χ4v) is 1.68. The van der Waals surface area contributed by atoms with Gasteiger partial charge in [0.1, 0.15) is 0 Å². The van der Waals surface area contributed by atoms with Gasteiger partial charge in [0.05, 0.1) is 12.2 Å². The molecule has 0 atom stereocenters. The standard InChI is InChI=1S/C16H20N2O3/c1-12-6-7-14(13(11-12)5-3-4-10-19)16(21)18-9-8-15(20)17-2/h6-7,11,19H,4,8-10H2,1-2H3,(H,17,20)(H,18,21). The molecule has 3 N–H and O–H groups in total. The lowest BCUT2D eigenvalue weighted by Crippen LogP contribution is -2.29. The van der Waals surface area contributed by atoms with E-state index in [0.29, 0.717) is 17.5 Å². The van der Waals surface area contributed by atoms with E-state index < -0.39 is 0 Å². The number of carbonyl (C=O) groups is 2. The highest BCUT2D eigenvalue weighted by atomic mass is 16.2. The topological polar surface area (TPSA) is 78.4 Å². The number of amides is 2. The zero-order valence-electron chi connectivity index (χ0n) is 12.3. The third-order valence-electron chi connectivity index (χ3n) is 2.80. The number of aryl methyl sites for hydroxylation is 1. The van der Waals surface area contributed by atoms with Crippen molar-refractivity contribution in [3.8, 4) is 11.8 Å². The van der Waals surface area contributed by atoms with Gasteiger partial charge in [0, 0.05) is 32.0 Å². The summed E-state index contributed by atoms with van der Waals surface area (Å²) in [5, 5.41) is 13.9. The van der Waals surface area contributed by atoms with E-state index >= 15 is 0 Å². The van der Waals surface area contributed by atoms with Crippen molar-refractivity contribution < 1.29 is 14.7 Å². The smallest absolute Gasteiger partial charge is 0.252 e. The average Bonchev–Trinajstić information content (AvgIpc) is 2.47. The van der Waals surface area contributed by atoms with Crippen LogP contribution in [0.3, 0.4) is 0 Å². The molecule has 2 amide bonds. The van der Waals surface area contributed by atoms with Crippen molar-refractivity contribution >= 4 is 11.8 Å². The fourth-order valence-electron chi connectivity index (χ4n) is 1.68. The monoisotopic (exact) mass is 288 g/mol. The Balaban J connectivity index is 2.79. The van der Waals surface area contributed by atoms with Gasteiger partial charge in [-0.1, -0.05) is 17.9 Å². The summed E-state index contributed by atoms with van der Waals surface area (Å²) < 4.78 is 0. The van der Waals surface area contributed by atoms with E-state index in [1.54, 1.807) is 13.1 Å². The van der Waals surface area contributed by atoms with Gasteiger partial charge in [-0.2, -0.15) is 0 Å². The first-order valence-electron chi connectivity index (χ1n) is 6.77. The molecule has 112 valence electrons. The van der Waals surface area contributed by atoms with E-state index in [-0.39, 0.29) is 31.4 Å². The fraction of sp³-hybridized carbons (Fsp3) is 0.375. The molecule has 5 heteroatoms. The van der Waals surface area contributed by atoms with Gasteiger partial charge in [0.2, 0.25) is 5.91 Å². The lowest BCUT2D eigenvalue weighted by atomic mass is 10.0. The molecule has 0 unspecified atom stereocenters. The third kappa shape index (κ3) is 5.67. The molecule has 1 aromatic carbocycles. The van der Waals surface area contributed by atoms with E-state index in [1.807, 2.05) is 19.1 Å². The maximum atomic E-state index is 12.1. The van der Waals surface area contributed by atoms with Crippen LogP contribution in [-0.2, 0) is 4.79 Å². The maximum Gasteiger partial charge on any atom is 0.252 e. The van der Waals surface area contributed by atoms with Crippen LogP contribution in [-0.4, -0.2) is 37.1 Å². The van der Waals surface area contributed by atoms with Gasteiger partial charge in [-0.25, -0.2) is 0 Å². The second kappa shape index (κ2) is 8.77. The van der Waals surface area contributed by atoms with Crippen LogP contribution in [0.2, 0.25) is 0 Å². The SMILES string of the molecule is CNC(=O)CCNC(=O)c1ccc(C)cc1C#CCCO. The molecule has 0 saturated heterocycles. The molecule has 0 saturated carbocycles. The molecule has 1 rings (SSSR count). The van der Waals surface area contributed by atoms with E-state index in [4.69, 9.17) is 5.11 Å². The summed E-state index contributed by atoms with van der Waals surface area (Å²) in [5.74, 6) is 5.33. The van der Waals surface area contributed by atoms with Crippen LogP contribution < -0.4 is 10.6 Å². The largest absolute Gasteiger partial charge is 0.395 e. The highest BCUT2D eigenvalue weighted by Crippen LogP contribution is 2.11. The predicted molar refractivity (Wildman–Crippen MR) is 80.8 cm³/mol. The van der Waals surface area contributed by atoms with Gasteiger partial charge in [-0.3, -0.25) is 9.59 Å². The second-order valence-electron chi connectivity index (χ2n) is 4.50. The first-order valence-corrected chi connectivity index (χ1v) is 6.77. The van der Waals surface area contributed by atoms with Crippen LogP contribution in [0.4, 0.5) is 0 Å². The Bertz CT molecular complexity index is 571. The maximum absolute atomic E-state index is 12.1. The molecule has 5 nitrogen and oxygen atoms in total. The molecule has 0 radical (unpaired) electrons. The van der Waals surface area contributed by atoms with E-state index in [2.05, 4.69) is 22.5 Å². The minimum Gasteiger partial charge on any atom is -0.395 e. The van der Waals surface area contributed by atoms with Gasteiger partial charge in [0.15, 0.2) is 0 Å². The molecule has 1 aromatic rings. The molecule has 21 heavy (non-hydrogen) atoms. The molecule has 0 spiro atoms. The first kappa shape index (κ1) is 16.7. The summed E-state index contributed by atoms with van der Waals surface area (Å²) in [7, 11) is 1.55. The quantitative estimate of drug-likeness (QED) is 0.694. The lowest BCUT2D eigenvalue weighted by molar-refractivity contribution is -0.120. The van der Waals surface area contributed by atoms with Crippen molar-refractivity contribution in [3.63, 3.8) is 0 Å². The number of hydrogen-bond donors (Lipinski definition) is 3. The van der Waals surface area contributed by atoms with Crippen LogP contribution in [0.15, 0.2) is 18.2 Å². The van der Waals surface area contributed by atoms with E-state index in [1.165, 1.54) is 0 Å². The molecule has 0 heterocycles. The lowest BCUT2D eigenvalue weighted by Gasteiger charge is -2.07. The van der Waals surface area contributed by atoms with Gasteiger partial charge in [-0.15, -0.1) is 0 Å². The van der Waals surface area contributed by atoms with Crippen LogP contribution in [0.1, 0.15) is 34.3 Å². The van der Waals surface area contributed by atoms with Crippen LogP contribution >= 0.6 is 0 Å². The van der Waals surface area contributed by atoms with Gasteiger partial charge in [-0.05, 0) is 24.6 Å². The molecular formula is C16H20N2O3. The van der Waals surface area contributed by atoms with Crippen LogP contribution in [0.5, 0.6) is 0 Å². The molecule has 0 aromatic heterocycles. The number of nitrogens with one attached hydrogen (secondary N) is 2. The molecule has 0 fully saturated rings. The average molecular weight is 288 g/mol. The van der Waals surface area contributed by atoms with Crippen molar-refractivity contribution in [3.05, 3.63) is 34.9 Å². The summed E-state index contributed by atoms with van der Waals surface area (Å²) in [6, 6.07) is 5.39. The number of hydrogen-bond acceptors (Lipinski definition) is 3. The summed E-state index contributed by atoms with van der Waals surface area (Å²) in [4.78, 5) is 23.2. The number of rotatable bonds is 5. The highest BCUT2D eigenvalue weighted by molar-refractivity contribution is 5.97. The number of benzene rings is 1. The van der Waals surface area contributed by atoms with Gasteiger partial charge in [0.25, 0.3) is 5.91 Å². The minimum atomic E-state index is -0.257. The van der Waals surface area contributed by atoms with Crippen LogP contribution in [0.25, 0.3) is 0 Å². The Kier molecular flexibility index (Phi) is 6.99. The zero-order chi connectivity index (χ0) is 15.7. The van der Waals surface area contributed by atoms with Gasteiger partial charge >= 0.3 is 0 Å². The van der Waals surface area contributed by atoms with Crippen LogP contribution in [0, 0.1) is 18.8 Å². The summed E-state index contributed by atoms with van der Waals surface area (Å²) >= 11 is 0. The Morgan fingerprint density at radius 2 is 2.10 bits per heavy atom. The van der Waals surface area contributed by atoms with Crippen molar-refractivity contribution in [1.82, 2.24) is 10.6 Å². The molecule has 0 aliphatic carbocycles. The zero-order valence-corrected chi connectivity index (χ0v) is 12.3. The molecule has 0 aliphatic heterocycles. The van der Waals surface area contributed by atoms with Crippen molar-refractivity contribution in [1.29, 1.82) is 0 Å². The Morgan fingerprint density at radius 1 is 1.33 bits per heavy atom. The Morgan fingerprint density at radius 3 is 2.76 bits per heavy atom. The van der Waals surface area contributed by atoms with Crippen molar-refractivity contribution in [2.75, 3.05) is 20.2 Å². The molecular weight excluding hydrogens is 268 g/mol. The number of carbonyl (C=O) groups excluding carboxylic acids is 2. The third-order valence-corrected chi connectivity index (χ3v) is 2.80. The Labute approximate surface area is 124 Å². The summed E-state index contributed by atoms with van der Waals surface area (Å²) in [6.07, 6.45) is 0.602. The Hall–Kier alpha value is -2.32. The van der Waals surface area contributed by atoms with Gasteiger partial charge < -0.3 is 15.7 Å². The summed E-state index contributed by atoms with van der Waals surface area (Å²) in [6.45, 7) is 2.19. The summed E-state index contributed by atoms with van der Waals surface area (Å²) in [5.41, 5.74) is 2.11. The number of aliphatic hydroxyl groups excluding tert-OH is 1. The minimum absolute atomic E-state index is 0.00747. The normalized spacial score (nSPS) is 9.48. The first-order chi connectivity index (χ1) is 10.1.